The van der Waals surface area contributed by atoms with Gasteiger partial charge in [-0.3, -0.25) is 9.59 Å². The topological polar surface area (TPSA) is 91.1 Å². The predicted molar refractivity (Wildman–Crippen MR) is 95.3 cm³/mol. The zero-order chi connectivity index (χ0) is 18.8. The first-order valence-corrected chi connectivity index (χ1v) is 9.18. The van der Waals surface area contributed by atoms with Gasteiger partial charge in [0.2, 0.25) is 5.91 Å². The van der Waals surface area contributed by atoms with Crippen LogP contribution in [0.15, 0.2) is 28.0 Å². The van der Waals surface area contributed by atoms with Crippen LogP contribution >= 0.6 is 11.3 Å². The molecule has 1 aliphatic heterocycles. The Bertz CT molecular complexity index is 827. The molecule has 2 aromatic rings. The van der Waals surface area contributed by atoms with Gasteiger partial charge in [0.25, 0.3) is 5.91 Å². The molecular formula is C18H20N2O5S. The molecule has 0 aromatic carbocycles. The van der Waals surface area contributed by atoms with Crippen LogP contribution in [0.4, 0.5) is 0 Å². The Kier molecular flexibility index (Phi) is 5.13. The Morgan fingerprint density at radius 2 is 2.19 bits per heavy atom. The second-order valence-corrected chi connectivity index (χ2v) is 7.26. The summed E-state index contributed by atoms with van der Waals surface area (Å²) < 4.78 is 5.44. The lowest BCUT2D eigenvalue weighted by Crippen LogP contribution is -2.46. The molecule has 2 aromatic heterocycles. The van der Waals surface area contributed by atoms with E-state index < -0.39 is 12.0 Å². The van der Waals surface area contributed by atoms with Crippen molar-refractivity contribution in [1.82, 2.24) is 9.80 Å². The van der Waals surface area contributed by atoms with Crippen molar-refractivity contribution >= 4 is 29.1 Å². The summed E-state index contributed by atoms with van der Waals surface area (Å²) in [4.78, 5) is 40.3. The van der Waals surface area contributed by atoms with Crippen LogP contribution in [-0.2, 0) is 11.3 Å². The first kappa shape index (κ1) is 18.2. The molecule has 1 unspecified atom stereocenters. The maximum absolute atomic E-state index is 12.8. The molecule has 8 heteroatoms. The van der Waals surface area contributed by atoms with E-state index in [1.54, 1.807) is 24.9 Å². The van der Waals surface area contributed by atoms with E-state index in [2.05, 4.69) is 0 Å². The van der Waals surface area contributed by atoms with E-state index in [-0.39, 0.29) is 23.9 Å². The molecule has 0 radical (unpaired) electrons. The fraction of sp³-hybridized carbons (Fsp3) is 0.389. The second kappa shape index (κ2) is 7.33. The maximum atomic E-state index is 12.8. The molecule has 0 bridgehead atoms. The molecule has 1 fully saturated rings. The molecule has 0 spiro atoms. The minimum atomic E-state index is -1.06. The molecule has 0 saturated carbocycles. The molecule has 1 N–H and O–H groups in total. The lowest BCUT2D eigenvalue weighted by molar-refractivity contribution is -0.134. The van der Waals surface area contributed by atoms with Gasteiger partial charge in [0.1, 0.15) is 23.1 Å². The van der Waals surface area contributed by atoms with Crippen molar-refractivity contribution in [3.8, 4) is 0 Å². The number of thiophene rings is 1. The number of hydrogen-bond donors (Lipinski definition) is 1. The summed E-state index contributed by atoms with van der Waals surface area (Å²) in [5, 5.41) is 10.9. The van der Waals surface area contributed by atoms with Gasteiger partial charge in [-0.15, -0.1) is 11.3 Å². The van der Waals surface area contributed by atoms with Crippen LogP contribution in [0.3, 0.4) is 0 Å². The van der Waals surface area contributed by atoms with E-state index in [0.29, 0.717) is 29.4 Å². The molecule has 1 atom stereocenters. The van der Waals surface area contributed by atoms with Crippen molar-refractivity contribution in [2.45, 2.75) is 32.4 Å². The van der Waals surface area contributed by atoms with Gasteiger partial charge in [0, 0.05) is 13.6 Å². The lowest BCUT2D eigenvalue weighted by atomic mass is 10.2. The number of carboxylic acids is 1. The zero-order valence-electron chi connectivity index (χ0n) is 14.6. The molecule has 7 nitrogen and oxygen atoms in total. The normalized spacial score (nSPS) is 16.7. The number of carbonyl (C=O) groups excluding carboxylic acids is 2. The number of carboxylic acid groups (broad SMARTS) is 1. The van der Waals surface area contributed by atoms with E-state index in [9.17, 15) is 14.4 Å². The van der Waals surface area contributed by atoms with E-state index in [1.165, 1.54) is 22.3 Å². The number of amides is 2. The highest BCUT2D eigenvalue weighted by Crippen LogP contribution is 2.24. The standard InChI is InChI=1S/C18H20N2O5S/c1-11-13(18(23)24)9-12(25-11)10-19(2)16(21)14-5-3-7-20(14)17(22)15-6-4-8-26-15/h4,6,8-9,14H,3,5,7,10H2,1-2H3,(H,23,24). The molecule has 0 aliphatic carbocycles. The smallest absolute Gasteiger partial charge is 0.339 e. The van der Waals surface area contributed by atoms with Gasteiger partial charge in [-0.05, 0) is 37.3 Å². The number of likely N-dealkylation sites (N-methyl/N-ethyl adjacent to an activating group) is 1. The van der Waals surface area contributed by atoms with E-state index in [1.807, 2.05) is 11.4 Å². The largest absolute Gasteiger partial charge is 0.478 e. The fourth-order valence-corrected chi connectivity index (χ4v) is 3.89. The number of nitrogens with zero attached hydrogens (tertiary/aromatic N) is 2. The minimum absolute atomic E-state index is 0.0937. The summed E-state index contributed by atoms with van der Waals surface area (Å²) in [6, 6.07) is 4.51. The van der Waals surface area contributed by atoms with Crippen LogP contribution in [0.2, 0.25) is 0 Å². The third kappa shape index (κ3) is 3.50. The quantitative estimate of drug-likeness (QED) is 0.866. The molecule has 138 valence electrons. The van der Waals surface area contributed by atoms with Crippen molar-refractivity contribution in [1.29, 1.82) is 0 Å². The number of aryl methyl sites for hydroxylation is 1. The Morgan fingerprint density at radius 3 is 2.81 bits per heavy atom. The van der Waals surface area contributed by atoms with Crippen LogP contribution in [0.25, 0.3) is 0 Å². The van der Waals surface area contributed by atoms with Crippen LogP contribution in [0.5, 0.6) is 0 Å². The molecule has 3 rings (SSSR count). The summed E-state index contributed by atoms with van der Waals surface area (Å²) in [7, 11) is 1.63. The number of aromatic carboxylic acids is 1. The van der Waals surface area contributed by atoms with E-state index in [4.69, 9.17) is 9.52 Å². The molecule has 26 heavy (non-hydrogen) atoms. The minimum Gasteiger partial charge on any atom is -0.478 e. The van der Waals surface area contributed by atoms with Crippen molar-refractivity contribution in [2.24, 2.45) is 0 Å². The van der Waals surface area contributed by atoms with Crippen LogP contribution < -0.4 is 0 Å². The van der Waals surface area contributed by atoms with Gasteiger partial charge >= 0.3 is 5.97 Å². The number of likely N-dealkylation sites (tertiary alicyclic amines) is 1. The summed E-state index contributed by atoms with van der Waals surface area (Å²) in [6.45, 7) is 2.29. The van der Waals surface area contributed by atoms with Gasteiger partial charge in [-0.2, -0.15) is 0 Å². The third-order valence-corrected chi connectivity index (χ3v) is 5.36. The van der Waals surface area contributed by atoms with Crippen molar-refractivity contribution in [3.05, 3.63) is 45.5 Å². The molecular weight excluding hydrogens is 356 g/mol. The monoisotopic (exact) mass is 376 g/mol. The van der Waals surface area contributed by atoms with E-state index >= 15 is 0 Å². The van der Waals surface area contributed by atoms with Crippen LogP contribution in [0.1, 0.15) is 44.4 Å². The van der Waals surface area contributed by atoms with E-state index in [0.717, 1.165) is 6.42 Å². The summed E-state index contributed by atoms with van der Waals surface area (Å²) >= 11 is 1.36. The first-order chi connectivity index (χ1) is 12.4. The summed E-state index contributed by atoms with van der Waals surface area (Å²) in [6.07, 6.45) is 1.40. The summed E-state index contributed by atoms with van der Waals surface area (Å²) in [5.74, 6) is -0.631. The summed E-state index contributed by atoms with van der Waals surface area (Å²) in [5.41, 5.74) is 0.0937. The molecule has 1 saturated heterocycles. The van der Waals surface area contributed by atoms with Gasteiger partial charge in [0.05, 0.1) is 11.4 Å². The van der Waals surface area contributed by atoms with Crippen LogP contribution in [0, 0.1) is 6.92 Å². The zero-order valence-corrected chi connectivity index (χ0v) is 15.4. The number of furan rings is 1. The highest BCUT2D eigenvalue weighted by Gasteiger charge is 2.36. The van der Waals surface area contributed by atoms with Gasteiger partial charge in [-0.1, -0.05) is 6.07 Å². The van der Waals surface area contributed by atoms with Gasteiger partial charge in [0.15, 0.2) is 0 Å². The van der Waals surface area contributed by atoms with Crippen LogP contribution in [-0.4, -0.2) is 52.3 Å². The Balaban J connectivity index is 1.70. The van der Waals surface area contributed by atoms with Crippen molar-refractivity contribution in [2.75, 3.05) is 13.6 Å². The fourth-order valence-electron chi connectivity index (χ4n) is 3.21. The number of rotatable bonds is 5. The molecule has 1 aliphatic rings. The SMILES string of the molecule is Cc1oc(CN(C)C(=O)C2CCCN2C(=O)c2cccs2)cc1C(=O)O. The Hall–Kier alpha value is -2.61. The Morgan fingerprint density at radius 1 is 1.42 bits per heavy atom. The van der Waals surface area contributed by atoms with Gasteiger partial charge < -0.3 is 19.3 Å². The van der Waals surface area contributed by atoms with Crippen molar-refractivity contribution in [3.63, 3.8) is 0 Å². The molecule has 3 heterocycles. The number of hydrogen-bond acceptors (Lipinski definition) is 5. The first-order valence-electron chi connectivity index (χ1n) is 8.30. The molecule has 2 amide bonds. The highest BCUT2D eigenvalue weighted by atomic mass is 32.1. The maximum Gasteiger partial charge on any atom is 0.339 e. The van der Waals surface area contributed by atoms with Crippen molar-refractivity contribution < 1.29 is 23.9 Å². The third-order valence-electron chi connectivity index (χ3n) is 4.50. The average molecular weight is 376 g/mol. The number of carbonyl (C=O) groups is 3. The predicted octanol–water partition coefficient (Wildman–Crippen LogP) is 2.61. The van der Waals surface area contributed by atoms with Gasteiger partial charge in [-0.25, -0.2) is 4.79 Å². The average Bonchev–Trinajstić information content (AvgIpc) is 3.34. The Labute approximate surface area is 154 Å². The second-order valence-electron chi connectivity index (χ2n) is 6.32. The lowest BCUT2D eigenvalue weighted by Gasteiger charge is -2.27. The highest BCUT2D eigenvalue weighted by molar-refractivity contribution is 7.12.